The largest absolute Gasteiger partial charge is 0.466 e. The molecule has 0 N–H and O–H groups in total. The number of hydrogen-bond acceptors (Lipinski definition) is 6. The maximum atomic E-state index is 14.3. The summed E-state index contributed by atoms with van der Waals surface area (Å²) in [6, 6.07) is 6.17. The van der Waals surface area contributed by atoms with E-state index < -0.39 is 11.8 Å². The van der Waals surface area contributed by atoms with Gasteiger partial charge in [0.1, 0.15) is 22.3 Å². The first-order valence-corrected chi connectivity index (χ1v) is 7.89. The molecule has 0 atom stereocenters. The summed E-state index contributed by atoms with van der Waals surface area (Å²) in [5.74, 6) is -0.903. The fourth-order valence-corrected chi connectivity index (χ4v) is 2.72. The molecule has 7 nitrogen and oxygen atoms in total. The van der Waals surface area contributed by atoms with Crippen LogP contribution in [-0.2, 0) is 9.53 Å². The van der Waals surface area contributed by atoms with Crippen LogP contribution in [0.1, 0.15) is 0 Å². The predicted octanol–water partition coefficient (Wildman–Crippen LogP) is 2.78. The molecule has 0 amide bonds. The molecule has 25 heavy (non-hydrogen) atoms. The van der Waals surface area contributed by atoms with E-state index in [1.54, 1.807) is 30.6 Å². The van der Waals surface area contributed by atoms with Gasteiger partial charge in [-0.3, -0.25) is 0 Å². The van der Waals surface area contributed by atoms with Crippen molar-refractivity contribution in [2.45, 2.75) is 0 Å². The third-order valence-electron chi connectivity index (χ3n) is 3.27. The molecule has 0 fully saturated rings. The minimum Gasteiger partial charge on any atom is -0.466 e. The van der Waals surface area contributed by atoms with Gasteiger partial charge < -0.3 is 9.47 Å². The number of carbonyl (C=O) groups excluding carboxylic acids is 1. The van der Waals surface area contributed by atoms with E-state index in [2.05, 4.69) is 35.7 Å². The summed E-state index contributed by atoms with van der Waals surface area (Å²) in [5.41, 5.74) is 1.30. The van der Waals surface area contributed by atoms with Gasteiger partial charge in [-0.2, -0.15) is 0 Å². The van der Waals surface area contributed by atoms with Gasteiger partial charge in [-0.25, -0.2) is 23.8 Å². The summed E-state index contributed by atoms with van der Waals surface area (Å²) in [6.07, 6.45) is 4.52. The third kappa shape index (κ3) is 3.50. The smallest absolute Gasteiger partial charge is 0.343 e. The summed E-state index contributed by atoms with van der Waals surface area (Å²) in [5, 5.41) is 4.27. The number of esters is 1. The summed E-state index contributed by atoms with van der Waals surface area (Å²) < 4.78 is 26.0. The van der Waals surface area contributed by atoms with Crippen LogP contribution in [0.2, 0.25) is 0 Å². The molecule has 3 aromatic rings. The van der Waals surface area contributed by atoms with Gasteiger partial charge in [0.25, 0.3) is 0 Å². The lowest BCUT2D eigenvalue weighted by atomic mass is 10.2. The standard InChI is InChI=1S/C16H12BrFN4O3/c1-24-13(23)8-25-16-14(17)15(10-6-19-9-20-7-10)22(21-16)12-5-3-2-4-11(12)18/h2-7,9H,8H2,1H3. The van der Waals surface area contributed by atoms with Crippen LogP contribution in [-0.4, -0.2) is 39.4 Å². The van der Waals surface area contributed by atoms with Crippen molar-refractivity contribution in [3.63, 3.8) is 0 Å². The lowest BCUT2D eigenvalue weighted by Crippen LogP contribution is -2.13. The normalized spacial score (nSPS) is 10.5. The number of ether oxygens (including phenoxy) is 2. The molecule has 9 heteroatoms. The first-order valence-electron chi connectivity index (χ1n) is 7.10. The molecule has 0 aliphatic carbocycles. The van der Waals surface area contributed by atoms with Gasteiger partial charge in [-0.05, 0) is 28.1 Å². The number of benzene rings is 1. The van der Waals surface area contributed by atoms with Crippen LogP contribution in [0, 0.1) is 5.82 Å². The van der Waals surface area contributed by atoms with Gasteiger partial charge in [0.05, 0.1) is 12.8 Å². The van der Waals surface area contributed by atoms with Crippen LogP contribution in [0.3, 0.4) is 0 Å². The van der Waals surface area contributed by atoms with E-state index in [9.17, 15) is 9.18 Å². The molecule has 0 saturated carbocycles. The number of rotatable bonds is 5. The van der Waals surface area contributed by atoms with Crippen molar-refractivity contribution in [1.82, 2.24) is 19.7 Å². The zero-order valence-electron chi connectivity index (χ0n) is 13.0. The van der Waals surface area contributed by atoms with Gasteiger partial charge in [-0.1, -0.05) is 12.1 Å². The molecule has 0 spiro atoms. The fraction of sp³-hybridized carbons (Fsp3) is 0.125. The van der Waals surface area contributed by atoms with Crippen molar-refractivity contribution in [2.75, 3.05) is 13.7 Å². The topological polar surface area (TPSA) is 79.1 Å². The molecule has 2 aromatic heterocycles. The highest BCUT2D eigenvalue weighted by molar-refractivity contribution is 9.10. The minimum atomic E-state index is -0.558. The van der Waals surface area contributed by atoms with Gasteiger partial charge in [0, 0.05) is 18.0 Å². The molecule has 2 heterocycles. The van der Waals surface area contributed by atoms with Crippen molar-refractivity contribution in [3.8, 4) is 22.8 Å². The van der Waals surface area contributed by atoms with Crippen LogP contribution in [0.5, 0.6) is 5.88 Å². The summed E-state index contributed by atoms with van der Waals surface area (Å²) in [7, 11) is 1.26. The average molecular weight is 407 g/mol. The maximum absolute atomic E-state index is 14.3. The number of halogens is 2. The third-order valence-corrected chi connectivity index (χ3v) is 3.98. The zero-order valence-corrected chi connectivity index (χ0v) is 14.6. The highest BCUT2D eigenvalue weighted by atomic mass is 79.9. The molecule has 1 aromatic carbocycles. The number of hydrogen-bond donors (Lipinski definition) is 0. The zero-order chi connectivity index (χ0) is 17.8. The number of carbonyl (C=O) groups is 1. The Labute approximate surface area is 150 Å². The molecular weight excluding hydrogens is 395 g/mol. The van der Waals surface area contributed by atoms with Crippen molar-refractivity contribution < 1.29 is 18.7 Å². The molecule has 0 radical (unpaired) electrons. The van der Waals surface area contributed by atoms with E-state index in [1.165, 1.54) is 24.2 Å². The second kappa shape index (κ2) is 7.39. The van der Waals surface area contributed by atoms with Crippen LogP contribution in [0.15, 0.2) is 47.5 Å². The van der Waals surface area contributed by atoms with E-state index in [-0.39, 0.29) is 18.2 Å². The molecule has 128 valence electrons. The molecule has 0 saturated heterocycles. The monoisotopic (exact) mass is 406 g/mol. The number of aromatic nitrogens is 4. The first kappa shape index (κ1) is 17.0. The van der Waals surface area contributed by atoms with Gasteiger partial charge in [0.2, 0.25) is 5.88 Å². The highest BCUT2D eigenvalue weighted by Crippen LogP contribution is 2.37. The Bertz CT molecular complexity index is 902. The maximum Gasteiger partial charge on any atom is 0.343 e. The van der Waals surface area contributed by atoms with Crippen LogP contribution in [0.4, 0.5) is 4.39 Å². The Kier molecular flexibility index (Phi) is 5.03. The van der Waals surface area contributed by atoms with E-state index in [1.807, 2.05) is 0 Å². The second-order valence-electron chi connectivity index (χ2n) is 4.82. The summed E-state index contributed by atoms with van der Waals surface area (Å²) in [4.78, 5) is 19.3. The minimum absolute atomic E-state index is 0.118. The van der Waals surface area contributed by atoms with Gasteiger partial charge >= 0.3 is 5.97 Å². The fourth-order valence-electron chi connectivity index (χ4n) is 2.13. The van der Waals surface area contributed by atoms with Crippen LogP contribution >= 0.6 is 15.9 Å². The molecule has 0 unspecified atom stereocenters. The summed E-state index contributed by atoms with van der Waals surface area (Å²) >= 11 is 3.39. The Morgan fingerprint density at radius 2 is 2.00 bits per heavy atom. The van der Waals surface area contributed by atoms with Gasteiger partial charge in [0.15, 0.2) is 6.61 Å². The molecule has 3 rings (SSSR count). The Morgan fingerprint density at radius 1 is 1.28 bits per heavy atom. The molecule has 0 aliphatic rings. The van der Waals surface area contributed by atoms with Crippen molar-refractivity contribution in [1.29, 1.82) is 0 Å². The Balaban J connectivity index is 2.12. The second-order valence-corrected chi connectivity index (χ2v) is 5.62. The molecule has 0 bridgehead atoms. The number of para-hydroxylation sites is 1. The summed E-state index contributed by atoms with van der Waals surface area (Å²) in [6.45, 7) is -0.325. The average Bonchev–Trinajstić information content (AvgIpc) is 2.97. The van der Waals surface area contributed by atoms with Crippen molar-refractivity contribution >= 4 is 21.9 Å². The highest BCUT2D eigenvalue weighted by Gasteiger charge is 2.22. The Morgan fingerprint density at radius 3 is 2.68 bits per heavy atom. The SMILES string of the molecule is COC(=O)COc1nn(-c2ccccc2F)c(-c2cncnc2)c1Br. The number of nitrogens with zero attached hydrogens (tertiary/aromatic N) is 4. The van der Waals surface area contributed by atoms with E-state index in [4.69, 9.17) is 4.74 Å². The van der Waals surface area contributed by atoms with E-state index in [0.29, 0.717) is 15.7 Å². The lowest BCUT2D eigenvalue weighted by molar-refractivity contribution is -0.143. The van der Waals surface area contributed by atoms with Crippen molar-refractivity contribution in [2.24, 2.45) is 0 Å². The molecular formula is C16H12BrFN4O3. The number of methoxy groups -OCH3 is 1. The van der Waals surface area contributed by atoms with Crippen LogP contribution in [0.25, 0.3) is 16.9 Å². The van der Waals surface area contributed by atoms with Crippen LogP contribution < -0.4 is 4.74 Å². The van der Waals surface area contributed by atoms with E-state index in [0.717, 1.165) is 0 Å². The molecule has 0 aliphatic heterocycles. The van der Waals surface area contributed by atoms with E-state index >= 15 is 0 Å². The quantitative estimate of drug-likeness (QED) is 0.606. The lowest BCUT2D eigenvalue weighted by Gasteiger charge is -2.08. The predicted molar refractivity (Wildman–Crippen MR) is 89.8 cm³/mol. The Hall–Kier alpha value is -2.81. The first-order chi connectivity index (χ1) is 12.1. The van der Waals surface area contributed by atoms with Crippen molar-refractivity contribution in [3.05, 3.63) is 53.3 Å². The van der Waals surface area contributed by atoms with Gasteiger partial charge in [-0.15, -0.1) is 5.10 Å².